The van der Waals surface area contributed by atoms with Crippen LogP contribution in [0.4, 0.5) is 0 Å². The average molecular weight is 459 g/mol. The van der Waals surface area contributed by atoms with Crippen LogP contribution in [0, 0.1) is 0 Å². The minimum absolute atomic E-state index is 0.0928. The highest BCUT2D eigenvalue weighted by Crippen LogP contribution is 2.24. The molecule has 5 heteroatoms. The summed E-state index contributed by atoms with van der Waals surface area (Å²) < 4.78 is 7.16. The second-order valence-electron chi connectivity index (χ2n) is 8.90. The first-order valence-corrected chi connectivity index (χ1v) is 11.4. The fourth-order valence-electron chi connectivity index (χ4n) is 3.66. The van der Waals surface area contributed by atoms with Gasteiger partial charge in [0.25, 0.3) is 5.56 Å². The largest absolute Gasteiger partial charge is 0.494 e. The molecule has 0 unspecified atom stereocenters. The molecule has 0 aliphatic heterocycles. The number of hydrogen-bond donors (Lipinski definition) is 0. The molecule has 0 radical (unpaired) electrons. The number of rotatable bonds is 5. The lowest BCUT2D eigenvalue weighted by Gasteiger charge is -2.18. The van der Waals surface area contributed by atoms with E-state index in [9.17, 15) is 4.79 Å². The summed E-state index contributed by atoms with van der Waals surface area (Å²) in [7, 11) is 0. The molecular weight excluding hydrogens is 432 g/mol. The zero-order chi connectivity index (χ0) is 23.6. The first kappa shape index (κ1) is 22.8. The van der Waals surface area contributed by atoms with E-state index < -0.39 is 0 Å². The van der Waals surface area contributed by atoms with Crippen molar-refractivity contribution in [3.63, 3.8) is 0 Å². The van der Waals surface area contributed by atoms with Gasteiger partial charge < -0.3 is 4.74 Å². The Morgan fingerprint density at radius 1 is 0.970 bits per heavy atom. The molecule has 0 saturated carbocycles. The molecule has 0 aliphatic carbocycles. The molecule has 168 valence electrons. The predicted molar refractivity (Wildman–Crippen MR) is 138 cm³/mol. The normalized spacial score (nSPS) is 11.9. The van der Waals surface area contributed by atoms with E-state index in [1.165, 1.54) is 5.56 Å². The summed E-state index contributed by atoms with van der Waals surface area (Å²) in [5.74, 6) is 1.28. The topological polar surface area (TPSA) is 44.1 Å². The fourth-order valence-corrected chi connectivity index (χ4v) is 3.83. The minimum atomic E-state index is -0.149. The number of hydrogen-bond acceptors (Lipinski definition) is 3. The predicted octanol–water partition coefficient (Wildman–Crippen LogP) is 6.91. The molecule has 1 aromatic heterocycles. The summed E-state index contributed by atoms with van der Waals surface area (Å²) in [6.07, 6.45) is 3.83. The first-order chi connectivity index (χ1) is 15.8. The third-order valence-electron chi connectivity index (χ3n) is 5.46. The third kappa shape index (κ3) is 5.01. The molecule has 0 spiro atoms. The molecular formula is C28H27ClN2O2. The van der Waals surface area contributed by atoms with Crippen LogP contribution in [0.1, 0.15) is 44.6 Å². The molecule has 1 heterocycles. The van der Waals surface area contributed by atoms with E-state index in [0.717, 1.165) is 17.0 Å². The molecule has 0 aliphatic rings. The molecule has 0 atom stereocenters. The fraction of sp³-hybridized carbons (Fsp3) is 0.214. The smallest absolute Gasteiger partial charge is 0.266 e. The van der Waals surface area contributed by atoms with Crippen LogP contribution in [0.2, 0.25) is 5.02 Å². The highest BCUT2D eigenvalue weighted by molar-refractivity contribution is 6.31. The third-order valence-corrected chi connectivity index (χ3v) is 5.70. The van der Waals surface area contributed by atoms with E-state index in [-0.39, 0.29) is 11.0 Å². The van der Waals surface area contributed by atoms with Crippen molar-refractivity contribution in [2.45, 2.75) is 33.1 Å². The molecule has 4 aromatic rings. The standard InChI is InChI=1S/C28H27ClN2O2/c1-5-33-23-14-12-22(13-15-23)31-26(30-25-18-21(29)11-16-24(25)27(31)32)17-8-19-6-9-20(10-7-19)28(2,3)4/h6-18H,5H2,1-4H3. The van der Waals surface area contributed by atoms with Crippen molar-refractivity contribution in [3.05, 3.63) is 99.1 Å². The zero-order valence-electron chi connectivity index (χ0n) is 19.3. The second-order valence-corrected chi connectivity index (χ2v) is 9.34. The summed E-state index contributed by atoms with van der Waals surface area (Å²) >= 11 is 6.17. The van der Waals surface area contributed by atoms with Crippen LogP contribution in [-0.2, 0) is 5.41 Å². The van der Waals surface area contributed by atoms with E-state index in [1.807, 2.05) is 43.3 Å². The lowest BCUT2D eigenvalue weighted by molar-refractivity contribution is 0.340. The summed E-state index contributed by atoms with van der Waals surface area (Å²) in [5.41, 5.74) is 3.53. The summed E-state index contributed by atoms with van der Waals surface area (Å²) in [5, 5.41) is 1.06. The number of fused-ring (bicyclic) bond motifs is 1. The number of aromatic nitrogens is 2. The van der Waals surface area contributed by atoms with Gasteiger partial charge in [-0.1, -0.05) is 62.7 Å². The number of nitrogens with zero attached hydrogens (tertiary/aromatic N) is 2. The monoisotopic (exact) mass is 458 g/mol. The quantitative estimate of drug-likeness (QED) is 0.326. The molecule has 3 aromatic carbocycles. The van der Waals surface area contributed by atoms with Gasteiger partial charge in [0.05, 0.1) is 23.2 Å². The lowest BCUT2D eigenvalue weighted by atomic mass is 9.87. The lowest BCUT2D eigenvalue weighted by Crippen LogP contribution is -2.22. The van der Waals surface area contributed by atoms with Gasteiger partial charge in [0.2, 0.25) is 0 Å². The van der Waals surface area contributed by atoms with Crippen LogP contribution in [0.5, 0.6) is 5.75 Å². The summed E-state index contributed by atoms with van der Waals surface area (Å²) in [6, 6.07) is 21.0. The Morgan fingerprint density at radius 2 is 1.67 bits per heavy atom. The zero-order valence-corrected chi connectivity index (χ0v) is 20.1. The van der Waals surface area contributed by atoms with Gasteiger partial charge in [-0.25, -0.2) is 4.98 Å². The SMILES string of the molecule is CCOc1ccc(-n2c(C=Cc3ccc(C(C)(C)C)cc3)nc3cc(Cl)ccc3c2=O)cc1. The molecule has 0 fully saturated rings. The van der Waals surface area contributed by atoms with Gasteiger partial charge in [0, 0.05) is 5.02 Å². The maximum Gasteiger partial charge on any atom is 0.266 e. The van der Waals surface area contributed by atoms with Crippen LogP contribution in [0.3, 0.4) is 0 Å². The molecule has 0 N–H and O–H groups in total. The Balaban J connectivity index is 1.82. The van der Waals surface area contributed by atoms with Crippen molar-refractivity contribution in [2.24, 2.45) is 0 Å². The Morgan fingerprint density at radius 3 is 2.30 bits per heavy atom. The molecule has 0 amide bonds. The van der Waals surface area contributed by atoms with Gasteiger partial charge in [-0.2, -0.15) is 0 Å². The number of benzene rings is 3. The van der Waals surface area contributed by atoms with Crippen molar-refractivity contribution in [2.75, 3.05) is 6.61 Å². The first-order valence-electron chi connectivity index (χ1n) is 11.0. The molecule has 4 rings (SSSR count). The van der Waals surface area contributed by atoms with E-state index in [4.69, 9.17) is 21.3 Å². The Hall–Kier alpha value is -3.37. The molecule has 0 saturated heterocycles. The van der Waals surface area contributed by atoms with Gasteiger partial charge in [0.1, 0.15) is 11.6 Å². The Kier molecular flexibility index (Phi) is 6.39. The maximum atomic E-state index is 13.5. The summed E-state index contributed by atoms with van der Waals surface area (Å²) in [6.45, 7) is 9.10. The van der Waals surface area contributed by atoms with Gasteiger partial charge in [-0.3, -0.25) is 9.36 Å². The van der Waals surface area contributed by atoms with Gasteiger partial charge in [0.15, 0.2) is 0 Å². The Bertz CT molecular complexity index is 1360. The van der Waals surface area contributed by atoms with Crippen molar-refractivity contribution >= 4 is 34.7 Å². The van der Waals surface area contributed by atoms with E-state index in [1.54, 1.807) is 22.8 Å². The minimum Gasteiger partial charge on any atom is -0.494 e. The van der Waals surface area contributed by atoms with Crippen LogP contribution in [0.15, 0.2) is 71.5 Å². The van der Waals surface area contributed by atoms with E-state index >= 15 is 0 Å². The van der Waals surface area contributed by atoms with Crippen LogP contribution >= 0.6 is 11.6 Å². The highest BCUT2D eigenvalue weighted by atomic mass is 35.5. The highest BCUT2D eigenvalue weighted by Gasteiger charge is 2.14. The van der Waals surface area contributed by atoms with Gasteiger partial charge >= 0.3 is 0 Å². The van der Waals surface area contributed by atoms with Crippen molar-refractivity contribution in [1.29, 1.82) is 0 Å². The molecule has 33 heavy (non-hydrogen) atoms. The van der Waals surface area contributed by atoms with Crippen LogP contribution in [0.25, 0.3) is 28.7 Å². The molecule has 0 bridgehead atoms. The Labute approximate surface area is 199 Å². The van der Waals surface area contributed by atoms with Crippen molar-refractivity contribution in [1.82, 2.24) is 9.55 Å². The van der Waals surface area contributed by atoms with Crippen LogP contribution in [-0.4, -0.2) is 16.2 Å². The average Bonchev–Trinajstić information content (AvgIpc) is 2.78. The van der Waals surface area contributed by atoms with Gasteiger partial charge in [-0.05, 0) is 72.0 Å². The number of ether oxygens (including phenoxy) is 1. The van der Waals surface area contributed by atoms with Crippen molar-refractivity contribution < 1.29 is 4.74 Å². The van der Waals surface area contributed by atoms with Crippen LogP contribution < -0.4 is 10.3 Å². The molecule has 4 nitrogen and oxygen atoms in total. The van der Waals surface area contributed by atoms with E-state index in [0.29, 0.717) is 28.4 Å². The number of halogens is 1. The van der Waals surface area contributed by atoms with Gasteiger partial charge in [-0.15, -0.1) is 0 Å². The van der Waals surface area contributed by atoms with E-state index in [2.05, 4.69) is 45.0 Å². The summed E-state index contributed by atoms with van der Waals surface area (Å²) in [4.78, 5) is 18.2. The maximum absolute atomic E-state index is 13.5. The second kappa shape index (κ2) is 9.24. The van der Waals surface area contributed by atoms with Crippen molar-refractivity contribution in [3.8, 4) is 11.4 Å².